The average molecular weight is 595 g/mol. The van der Waals surface area contributed by atoms with Crippen molar-refractivity contribution in [3.8, 4) is 11.5 Å². The van der Waals surface area contributed by atoms with Gasteiger partial charge in [0.2, 0.25) is 0 Å². The van der Waals surface area contributed by atoms with Crippen molar-refractivity contribution in [2.45, 2.75) is 27.4 Å². The third kappa shape index (κ3) is 6.68. The topological polar surface area (TPSA) is 77.4 Å². The molecule has 1 aliphatic heterocycles. The van der Waals surface area contributed by atoms with Crippen molar-refractivity contribution in [2.24, 2.45) is 4.99 Å². The number of rotatable bonds is 9. The van der Waals surface area contributed by atoms with Gasteiger partial charge in [0.05, 0.1) is 23.8 Å². The van der Waals surface area contributed by atoms with E-state index in [1.807, 2.05) is 74.5 Å². The van der Waals surface area contributed by atoms with Crippen molar-refractivity contribution in [1.82, 2.24) is 0 Å². The Balaban J connectivity index is 1.68. The first-order valence-corrected chi connectivity index (χ1v) is 13.8. The lowest BCUT2D eigenvalue weighted by Gasteiger charge is -2.14. The Kier molecular flexibility index (Phi) is 9.31. The summed E-state index contributed by atoms with van der Waals surface area (Å²) in [5.41, 5.74) is 3.68. The van der Waals surface area contributed by atoms with Crippen LogP contribution in [0.15, 0.2) is 92.4 Å². The Labute approximate surface area is 235 Å². The fourth-order valence-electron chi connectivity index (χ4n) is 3.76. The number of thioether (sulfide) groups is 1. The maximum Gasteiger partial charge on any atom is 0.344 e. The van der Waals surface area contributed by atoms with Gasteiger partial charge in [-0.1, -0.05) is 75.7 Å². The highest BCUT2D eigenvalue weighted by Crippen LogP contribution is 2.42. The number of aliphatic hydroxyl groups excluding tert-OH is 1. The first-order chi connectivity index (χ1) is 18.4. The summed E-state index contributed by atoms with van der Waals surface area (Å²) in [4.78, 5) is 17.8. The van der Waals surface area contributed by atoms with E-state index in [4.69, 9.17) is 14.2 Å². The van der Waals surface area contributed by atoms with Gasteiger partial charge in [-0.05, 0) is 62.2 Å². The quantitative estimate of drug-likeness (QED) is 0.254. The third-order valence-corrected chi connectivity index (χ3v) is 7.19. The molecular weight excluding hydrogens is 566 g/mol. The number of aryl methyl sites for hydroxylation is 1. The summed E-state index contributed by atoms with van der Waals surface area (Å²) in [6, 6.07) is 21.1. The van der Waals surface area contributed by atoms with Gasteiger partial charge in [0.15, 0.2) is 11.5 Å². The summed E-state index contributed by atoms with van der Waals surface area (Å²) in [6.45, 7) is 6.71. The van der Waals surface area contributed by atoms with E-state index in [2.05, 4.69) is 27.0 Å². The lowest BCUT2D eigenvalue weighted by Crippen LogP contribution is -2.12. The minimum absolute atomic E-state index is 0.0474. The summed E-state index contributed by atoms with van der Waals surface area (Å²) in [6.07, 6.45) is 1.78. The Morgan fingerprint density at radius 1 is 1.00 bits per heavy atom. The van der Waals surface area contributed by atoms with Crippen LogP contribution in [-0.2, 0) is 16.1 Å². The van der Waals surface area contributed by atoms with Crippen LogP contribution in [0.25, 0.3) is 6.08 Å². The van der Waals surface area contributed by atoms with Gasteiger partial charge in [0, 0.05) is 4.47 Å². The summed E-state index contributed by atoms with van der Waals surface area (Å²) in [5.74, 6) is 0.377. The number of aliphatic hydroxyl groups is 1. The SMILES string of the molecule is CCOC(=O)C1=C(O)/C(=C/c2cc(OCC)c(OCc3cccc(C)c3)cc2Br)SC1=Nc1ccccc1. The zero-order valence-electron chi connectivity index (χ0n) is 21.4. The minimum Gasteiger partial charge on any atom is -0.506 e. The molecule has 8 heteroatoms. The molecule has 1 N–H and O–H groups in total. The van der Waals surface area contributed by atoms with E-state index in [0.29, 0.717) is 40.3 Å². The summed E-state index contributed by atoms with van der Waals surface area (Å²) >= 11 is 4.83. The standard InChI is InChI=1S/C30H28BrNO5S/c1-4-35-24-15-21(23(31)17-25(24)37-18-20-11-9-10-19(3)14-20)16-26-28(33)27(30(34)36-5-2)29(38-26)32-22-12-7-6-8-13-22/h6-17,33H,4-5,18H2,1-3H3/b26-16-,32-29?. The number of hydrogen-bond donors (Lipinski definition) is 1. The first-order valence-electron chi connectivity index (χ1n) is 12.2. The van der Waals surface area contributed by atoms with Gasteiger partial charge in [-0.2, -0.15) is 0 Å². The van der Waals surface area contributed by atoms with Crippen molar-refractivity contribution in [1.29, 1.82) is 0 Å². The molecule has 3 aromatic carbocycles. The molecule has 0 radical (unpaired) electrons. The predicted octanol–water partition coefficient (Wildman–Crippen LogP) is 7.93. The lowest BCUT2D eigenvalue weighted by molar-refractivity contribution is -0.138. The van der Waals surface area contributed by atoms with Gasteiger partial charge < -0.3 is 19.3 Å². The molecule has 0 aromatic heterocycles. The molecule has 38 heavy (non-hydrogen) atoms. The molecule has 0 unspecified atom stereocenters. The van der Waals surface area contributed by atoms with Crippen LogP contribution in [0.3, 0.4) is 0 Å². The van der Waals surface area contributed by atoms with E-state index in [1.54, 1.807) is 13.0 Å². The minimum atomic E-state index is -0.621. The molecule has 0 saturated carbocycles. The molecule has 4 rings (SSSR count). The number of ether oxygens (including phenoxy) is 3. The summed E-state index contributed by atoms with van der Waals surface area (Å²) < 4.78 is 17.9. The van der Waals surface area contributed by atoms with Crippen LogP contribution in [0, 0.1) is 6.92 Å². The normalized spacial score (nSPS) is 15.3. The molecule has 0 aliphatic carbocycles. The van der Waals surface area contributed by atoms with Gasteiger partial charge in [0.1, 0.15) is 23.0 Å². The van der Waals surface area contributed by atoms with Crippen molar-refractivity contribution < 1.29 is 24.1 Å². The summed E-state index contributed by atoms with van der Waals surface area (Å²) in [5, 5.41) is 11.4. The van der Waals surface area contributed by atoms with E-state index < -0.39 is 5.97 Å². The van der Waals surface area contributed by atoms with Crippen molar-refractivity contribution in [3.05, 3.63) is 104 Å². The second kappa shape index (κ2) is 12.8. The molecule has 6 nitrogen and oxygen atoms in total. The fraction of sp³-hybridized carbons (Fsp3) is 0.200. The number of aliphatic imine (C=N–C) groups is 1. The molecule has 0 atom stereocenters. The average Bonchev–Trinajstić information content (AvgIpc) is 3.20. The van der Waals surface area contributed by atoms with Crippen LogP contribution in [0.1, 0.15) is 30.5 Å². The second-order valence-electron chi connectivity index (χ2n) is 8.34. The molecule has 196 valence electrons. The number of hydrogen-bond acceptors (Lipinski definition) is 7. The van der Waals surface area contributed by atoms with Crippen LogP contribution >= 0.6 is 27.7 Å². The van der Waals surface area contributed by atoms with E-state index in [1.165, 1.54) is 17.3 Å². The highest BCUT2D eigenvalue weighted by molar-refractivity contribution is 9.10. The number of esters is 1. The molecule has 0 bridgehead atoms. The van der Waals surface area contributed by atoms with Gasteiger partial charge in [-0.15, -0.1) is 0 Å². The maximum atomic E-state index is 12.7. The second-order valence-corrected chi connectivity index (χ2v) is 10.2. The largest absolute Gasteiger partial charge is 0.506 e. The van der Waals surface area contributed by atoms with Crippen LogP contribution in [0.4, 0.5) is 5.69 Å². The highest BCUT2D eigenvalue weighted by Gasteiger charge is 2.33. The van der Waals surface area contributed by atoms with Crippen molar-refractivity contribution >= 4 is 50.5 Å². The molecule has 0 amide bonds. The number of nitrogens with zero attached hydrogens (tertiary/aromatic N) is 1. The smallest absolute Gasteiger partial charge is 0.344 e. The van der Waals surface area contributed by atoms with E-state index in [9.17, 15) is 9.90 Å². The Morgan fingerprint density at radius 3 is 2.47 bits per heavy atom. The van der Waals surface area contributed by atoms with E-state index in [0.717, 1.165) is 15.6 Å². The monoisotopic (exact) mass is 593 g/mol. The van der Waals surface area contributed by atoms with Crippen LogP contribution in [0.2, 0.25) is 0 Å². The lowest BCUT2D eigenvalue weighted by atomic mass is 10.1. The van der Waals surface area contributed by atoms with Gasteiger partial charge in [-0.25, -0.2) is 9.79 Å². The Morgan fingerprint density at radius 2 is 1.76 bits per heavy atom. The van der Waals surface area contributed by atoms with Crippen molar-refractivity contribution in [2.75, 3.05) is 13.2 Å². The molecule has 3 aromatic rings. The van der Waals surface area contributed by atoms with Gasteiger partial charge in [0.25, 0.3) is 0 Å². The molecular formula is C30H28BrNO5S. The molecule has 0 fully saturated rings. The maximum absolute atomic E-state index is 12.7. The number of benzene rings is 3. The third-order valence-electron chi connectivity index (χ3n) is 5.48. The number of carbonyl (C=O) groups is 1. The van der Waals surface area contributed by atoms with E-state index in [-0.39, 0.29) is 17.9 Å². The van der Waals surface area contributed by atoms with Crippen LogP contribution in [-0.4, -0.2) is 29.3 Å². The zero-order chi connectivity index (χ0) is 27.1. The Bertz CT molecular complexity index is 1420. The highest BCUT2D eigenvalue weighted by atomic mass is 79.9. The molecule has 1 aliphatic rings. The van der Waals surface area contributed by atoms with Crippen molar-refractivity contribution in [3.63, 3.8) is 0 Å². The summed E-state index contributed by atoms with van der Waals surface area (Å²) in [7, 11) is 0. The number of halogens is 1. The number of carbonyl (C=O) groups excluding carboxylic acids is 1. The van der Waals surface area contributed by atoms with Gasteiger partial charge in [-0.3, -0.25) is 0 Å². The van der Waals surface area contributed by atoms with Crippen LogP contribution < -0.4 is 9.47 Å². The van der Waals surface area contributed by atoms with Crippen LogP contribution in [0.5, 0.6) is 11.5 Å². The molecule has 0 saturated heterocycles. The predicted molar refractivity (Wildman–Crippen MR) is 156 cm³/mol. The molecule has 0 spiro atoms. The number of para-hydroxylation sites is 1. The Hall–Kier alpha value is -3.49. The van der Waals surface area contributed by atoms with Gasteiger partial charge >= 0.3 is 5.97 Å². The fourth-order valence-corrected chi connectivity index (χ4v) is 5.22. The van der Waals surface area contributed by atoms with E-state index >= 15 is 0 Å². The first kappa shape index (κ1) is 27.5. The molecule has 1 heterocycles. The zero-order valence-corrected chi connectivity index (χ0v) is 23.8.